The number of carbonyl (C=O) groups excluding carboxylic acids is 2. The van der Waals surface area contributed by atoms with E-state index in [0.717, 1.165) is 16.5 Å². The summed E-state index contributed by atoms with van der Waals surface area (Å²) in [6.07, 6.45) is 2.80. The molecule has 0 aliphatic heterocycles. The van der Waals surface area contributed by atoms with Gasteiger partial charge in [0.1, 0.15) is 0 Å². The van der Waals surface area contributed by atoms with Crippen LogP contribution < -0.4 is 10.6 Å². The van der Waals surface area contributed by atoms with Crippen LogP contribution in [0, 0.1) is 0 Å². The Labute approximate surface area is 123 Å². The van der Waals surface area contributed by atoms with Crippen molar-refractivity contribution in [2.75, 3.05) is 6.54 Å². The lowest BCUT2D eigenvalue weighted by atomic mass is 10.1. The van der Waals surface area contributed by atoms with Crippen LogP contribution in [0.4, 0.5) is 0 Å². The topological polar surface area (TPSA) is 71.1 Å². The number of nitrogens with zero attached hydrogens (tertiary/aromatic N) is 1. The van der Waals surface area contributed by atoms with E-state index >= 15 is 0 Å². The maximum absolute atomic E-state index is 11.8. The Bertz CT molecular complexity index is 635. The van der Waals surface area contributed by atoms with Crippen molar-refractivity contribution in [1.29, 1.82) is 0 Å². The number of hydrogen-bond donors (Lipinski definition) is 2. The van der Waals surface area contributed by atoms with Gasteiger partial charge in [0.15, 0.2) is 0 Å². The number of nitrogens with one attached hydrogen (secondary N) is 2. The monoisotopic (exact) mass is 285 g/mol. The van der Waals surface area contributed by atoms with Crippen molar-refractivity contribution in [1.82, 2.24) is 15.6 Å². The zero-order valence-corrected chi connectivity index (χ0v) is 12.1. The highest BCUT2D eigenvalue weighted by Gasteiger charge is 2.04. The quantitative estimate of drug-likeness (QED) is 0.795. The van der Waals surface area contributed by atoms with E-state index < -0.39 is 0 Å². The van der Waals surface area contributed by atoms with E-state index in [1.807, 2.05) is 30.3 Å². The molecular weight excluding hydrogens is 266 g/mol. The van der Waals surface area contributed by atoms with Crippen LogP contribution >= 0.6 is 0 Å². The van der Waals surface area contributed by atoms with Crippen LogP contribution in [-0.4, -0.2) is 23.3 Å². The van der Waals surface area contributed by atoms with Crippen molar-refractivity contribution in [3.05, 3.63) is 42.1 Å². The smallest absolute Gasteiger partial charge is 0.220 e. The minimum Gasteiger partial charge on any atom is -0.356 e. The average Bonchev–Trinajstić information content (AvgIpc) is 2.49. The second-order valence-electron chi connectivity index (χ2n) is 4.85. The minimum atomic E-state index is -0.0707. The van der Waals surface area contributed by atoms with Crippen molar-refractivity contribution in [3.8, 4) is 0 Å². The van der Waals surface area contributed by atoms with E-state index in [1.54, 1.807) is 6.20 Å². The summed E-state index contributed by atoms with van der Waals surface area (Å²) in [6.45, 7) is 2.48. The first-order chi connectivity index (χ1) is 10.2. The van der Waals surface area contributed by atoms with Gasteiger partial charge < -0.3 is 10.6 Å². The molecule has 0 saturated heterocycles. The molecule has 1 aromatic heterocycles. The molecule has 1 aromatic carbocycles. The second kappa shape index (κ2) is 7.38. The van der Waals surface area contributed by atoms with Gasteiger partial charge >= 0.3 is 0 Å². The van der Waals surface area contributed by atoms with Crippen molar-refractivity contribution in [3.63, 3.8) is 0 Å². The number of rotatable bonds is 6. The Morgan fingerprint density at radius 3 is 2.76 bits per heavy atom. The SMILES string of the molecule is CC(=O)NCCCC(=O)NCc1ccnc2ccccc12. The van der Waals surface area contributed by atoms with Gasteiger partial charge in [0, 0.05) is 38.0 Å². The molecule has 0 radical (unpaired) electrons. The van der Waals surface area contributed by atoms with Crippen molar-refractivity contribution < 1.29 is 9.59 Å². The number of hydrogen-bond acceptors (Lipinski definition) is 3. The van der Waals surface area contributed by atoms with Crippen molar-refractivity contribution in [2.24, 2.45) is 0 Å². The van der Waals surface area contributed by atoms with E-state index in [1.165, 1.54) is 6.92 Å². The number of carbonyl (C=O) groups is 2. The average molecular weight is 285 g/mol. The van der Waals surface area contributed by atoms with Gasteiger partial charge in [0.2, 0.25) is 11.8 Å². The summed E-state index contributed by atoms with van der Waals surface area (Å²) in [5.74, 6) is -0.0834. The summed E-state index contributed by atoms with van der Waals surface area (Å²) < 4.78 is 0. The van der Waals surface area contributed by atoms with Crippen LogP contribution in [0.1, 0.15) is 25.3 Å². The summed E-state index contributed by atoms with van der Waals surface area (Å²) in [5.41, 5.74) is 1.98. The molecule has 0 atom stereocenters. The fourth-order valence-electron chi connectivity index (χ4n) is 2.10. The molecule has 2 amide bonds. The molecule has 110 valence electrons. The molecule has 0 fully saturated rings. The van der Waals surface area contributed by atoms with Gasteiger partial charge in [-0.3, -0.25) is 14.6 Å². The highest BCUT2D eigenvalue weighted by molar-refractivity contribution is 5.82. The summed E-state index contributed by atoms with van der Waals surface area (Å²) >= 11 is 0. The van der Waals surface area contributed by atoms with Crippen LogP contribution in [0.3, 0.4) is 0 Å². The summed E-state index contributed by atoms with van der Waals surface area (Å²) in [5, 5.41) is 6.63. The zero-order valence-electron chi connectivity index (χ0n) is 12.1. The highest BCUT2D eigenvalue weighted by Crippen LogP contribution is 2.15. The van der Waals surface area contributed by atoms with Gasteiger partial charge in [-0.25, -0.2) is 0 Å². The molecular formula is C16H19N3O2. The first-order valence-corrected chi connectivity index (χ1v) is 7.00. The lowest BCUT2D eigenvalue weighted by Crippen LogP contribution is -2.25. The van der Waals surface area contributed by atoms with Crippen LogP contribution in [0.2, 0.25) is 0 Å². The number of pyridine rings is 1. The molecule has 0 spiro atoms. The van der Waals surface area contributed by atoms with Gasteiger partial charge in [0.25, 0.3) is 0 Å². The predicted octanol–water partition coefficient (Wildman–Crippen LogP) is 1.77. The molecule has 2 N–H and O–H groups in total. The van der Waals surface area contributed by atoms with E-state index in [0.29, 0.717) is 25.9 Å². The molecule has 0 bridgehead atoms. The third-order valence-electron chi connectivity index (χ3n) is 3.17. The highest BCUT2D eigenvalue weighted by atomic mass is 16.2. The third-order valence-corrected chi connectivity index (χ3v) is 3.17. The summed E-state index contributed by atoms with van der Waals surface area (Å²) in [7, 11) is 0. The first kappa shape index (κ1) is 15.0. The van der Waals surface area contributed by atoms with Gasteiger partial charge in [-0.2, -0.15) is 0 Å². The normalized spacial score (nSPS) is 10.3. The van der Waals surface area contributed by atoms with Crippen LogP contribution in [-0.2, 0) is 16.1 Å². The van der Waals surface area contributed by atoms with Gasteiger partial charge in [-0.05, 0) is 24.1 Å². The van der Waals surface area contributed by atoms with Crippen molar-refractivity contribution >= 4 is 22.7 Å². The van der Waals surface area contributed by atoms with Gasteiger partial charge in [0.05, 0.1) is 5.52 Å². The third kappa shape index (κ3) is 4.56. The first-order valence-electron chi connectivity index (χ1n) is 7.00. The number of amides is 2. The molecule has 2 rings (SSSR count). The van der Waals surface area contributed by atoms with E-state index in [9.17, 15) is 9.59 Å². The predicted molar refractivity (Wildman–Crippen MR) is 81.5 cm³/mol. The molecule has 0 saturated carbocycles. The summed E-state index contributed by atoms with van der Waals surface area (Å²) in [6, 6.07) is 9.77. The van der Waals surface area contributed by atoms with E-state index in [2.05, 4.69) is 15.6 Å². The van der Waals surface area contributed by atoms with Gasteiger partial charge in [-0.1, -0.05) is 18.2 Å². The Morgan fingerprint density at radius 2 is 1.95 bits per heavy atom. The Balaban J connectivity index is 1.84. The molecule has 5 heteroatoms. The van der Waals surface area contributed by atoms with Crippen LogP contribution in [0.25, 0.3) is 10.9 Å². The number of aromatic nitrogens is 1. The Kier molecular flexibility index (Phi) is 5.26. The summed E-state index contributed by atoms with van der Waals surface area (Å²) in [4.78, 5) is 26.8. The molecule has 0 aliphatic carbocycles. The molecule has 21 heavy (non-hydrogen) atoms. The lowest BCUT2D eigenvalue weighted by Gasteiger charge is -2.08. The van der Waals surface area contributed by atoms with Crippen LogP contribution in [0.15, 0.2) is 36.5 Å². The maximum atomic E-state index is 11.8. The molecule has 0 aliphatic rings. The fourth-order valence-corrected chi connectivity index (χ4v) is 2.10. The molecule has 1 heterocycles. The number of benzene rings is 1. The molecule has 2 aromatic rings. The van der Waals surface area contributed by atoms with Crippen molar-refractivity contribution in [2.45, 2.75) is 26.3 Å². The maximum Gasteiger partial charge on any atom is 0.220 e. The second-order valence-corrected chi connectivity index (χ2v) is 4.85. The lowest BCUT2D eigenvalue weighted by molar-refractivity contribution is -0.122. The van der Waals surface area contributed by atoms with E-state index in [-0.39, 0.29) is 11.8 Å². The molecule has 5 nitrogen and oxygen atoms in total. The van der Waals surface area contributed by atoms with Crippen LogP contribution in [0.5, 0.6) is 0 Å². The zero-order chi connectivity index (χ0) is 15.1. The standard InChI is InChI=1S/C16H19N3O2/c1-12(20)17-9-4-7-16(21)19-11-13-8-10-18-15-6-3-2-5-14(13)15/h2-3,5-6,8,10H,4,7,9,11H2,1H3,(H,17,20)(H,19,21). The molecule has 0 unspecified atom stereocenters. The Morgan fingerprint density at radius 1 is 1.14 bits per heavy atom. The van der Waals surface area contributed by atoms with Gasteiger partial charge in [-0.15, -0.1) is 0 Å². The van der Waals surface area contributed by atoms with E-state index in [4.69, 9.17) is 0 Å². The Hall–Kier alpha value is -2.43. The number of para-hydroxylation sites is 1. The fraction of sp³-hybridized carbons (Fsp3) is 0.312. The largest absolute Gasteiger partial charge is 0.356 e. The number of fused-ring (bicyclic) bond motifs is 1. The minimum absolute atomic E-state index is 0.0127.